The largest absolute Gasteiger partial charge is 0.465 e. The summed E-state index contributed by atoms with van der Waals surface area (Å²) in [5.74, 6) is 0.512. The normalized spacial score (nSPS) is 20.2. The van der Waals surface area contributed by atoms with Crippen LogP contribution in [0.3, 0.4) is 0 Å². The summed E-state index contributed by atoms with van der Waals surface area (Å²) in [4.78, 5) is 39.7. The predicted octanol–water partition coefficient (Wildman–Crippen LogP) is 5.51. The topological polar surface area (TPSA) is 120 Å². The average molecular weight is 581 g/mol. The van der Waals surface area contributed by atoms with Crippen molar-refractivity contribution in [1.82, 2.24) is 20.4 Å². The lowest BCUT2D eigenvalue weighted by Gasteiger charge is -2.38. The fourth-order valence-electron chi connectivity index (χ4n) is 5.86. The van der Waals surface area contributed by atoms with Gasteiger partial charge < -0.3 is 35.0 Å². The van der Waals surface area contributed by atoms with Crippen LogP contribution in [0.1, 0.15) is 70.0 Å². The van der Waals surface area contributed by atoms with Gasteiger partial charge in [0.1, 0.15) is 0 Å². The zero-order chi connectivity index (χ0) is 29.1. The predicted molar refractivity (Wildman–Crippen MR) is 154 cm³/mol. The molecule has 3 rings (SSSR count). The molecule has 0 bridgehead atoms. The molecule has 11 heteroatoms. The second kappa shape index (κ2) is 15.9. The highest BCUT2D eigenvalue weighted by Gasteiger charge is 2.33. The van der Waals surface area contributed by atoms with E-state index < -0.39 is 12.2 Å². The molecule has 1 aliphatic carbocycles. The van der Waals surface area contributed by atoms with Crippen LogP contribution in [0, 0.1) is 11.8 Å². The second-order valence-corrected chi connectivity index (χ2v) is 11.7. The third-order valence-corrected chi connectivity index (χ3v) is 8.15. The molecule has 0 radical (unpaired) electrons. The van der Waals surface area contributed by atoms with E-state index in [1.165, 1.54) is 31.3 Å². The van der Waals surface area contributed by atoms with Gasteiger partial charge in [-0.2, -0.15) is 0 Å². The second-order valence-electron chi connectivity index (χ2n) is 11.2. The standard InChI is InChI=1S/C29H45ClN4O6/c1-20(31-28(36)39-3)19-40-26(22-11-7-13-24(30)16-22)23-12-8-14-34(17-23)27(35)32-25(18-33(2)29(37)38)15-21-9-5-4-6-10-21/h7,11,13,16,20-21,23,25-26H,4-6,8-10,12,14-15,17-19H2,1-3H3,(H,31,36)(H,32,35)(H,37,38)/t20-,23?,25+,26+/m1/s1. The number of urea groups is 1. The van der Waals surface area contributed by atoms with Crippen LogP contribution in [0.15, 0.2) is 24.3 Å². The monoisotopic (exact) mass is 580 g/mol. The molecule has 1 unspecified atom stereocenters. The minimum absolute atomic E-state index is 0.0155. The van der Waals surface area contributed by atoms with Gasteiger partial charge in [0.2, 0.25) is 0 Å². The van der Waals surface area contributed by atoms with Crippen LogP contribution in [0.4, 0.5) is 14.4 Å². The minimum Gasteiger partial charge on any atom is -0.465 e. The first-order valence-electron chi connectivity index (χ1n) is 14.4. The Morgan fingerprint density at radius 2 is 1.90 bits per heavy atom. The number of carbonyl (C=O) groups excluding carboxylic acids is 2. The first-order valence-corrected chi connectivity index (χ1v) is 14.7. The smallest absolute Gasteiger partial charge is 0.407 e. The van der Waals surface area contributed by atoms with Crippen molar-refractivity contribution in [2.45, 2.75) is 76.5 Å². The highest BCUT2D eigenvalue weighted by molar-refractivity contribution is 6.30. The summed E-state index contributed by atoms with van der Waals surface area (Å²) in [6, 6.07) is 6.85. The van der Waals surface area contributed by atoms with E-state index in [-0.39, 0.29) is 43.3 Å². The van der Waals surface area contributed by atoms with Crippen LogP contribution >= 0.6 is 11.6 Å². The number of methoxy groups -OCH3 is 1. The summed E-state index contributed by atoms with van der Waals surface area (Å²) in [5, 5.41) is 15.9. The Hall–Kier alpha value is -2.72. The molecule has 3 N–H and O–H groups in total. The Labute approximate surface area is 242 Å². The minimum atomic E-state index is -1.00. The number of carboxylic acid groups (broad SMARTS) is 1. The fraction of sp³-hybridized carbons (Fsp3) is 0.690. The molecule has 1 saturated heterocycles. The van der Waals surface area contributed by atoms with Crippen molar-refractivity contribution in [3.8, 4) is 0 Å². The number of ether oxygens (including phenoxy) is 2. The Balaban J connectivity index is 1.69. The first-order chi connectivity index (χ1) is 19.2. The molecule has 0 aromatic heterocycles. The highest BCUT2D eigenvalue weighted by atomic mass is 35.5. The van der Waals surface area contributed by atoms with Crippen LogP contribution in [0.5, 0.6) is 0 Å². The van der Waals surface area contributed by atoms with Gasteiger partial charge in [-0.3, -0.25) is 0 Å². The lowest BCUT2D eigenvalue weighted by Crippen LogP contribution is -2.52. The van der Waals surface area contributed by atoms with Crippen LogP contribution in [0.2, 0.25) is 5.02 Å². The average Bonchev–Trinajstić information content (AvgIpc) is 2.93. The summed E-state index contributed by atoms with van der Waals surface area (Å²) < 4.78 is 11.1. The number of alkyl carbamates (subject to hydrolysis) is 1. The van der Waals surface area contributed by atoms with Gasteiger partial charge >= 0.3 is 18.2 Å². The molecule has 4 amide bonds. The van der Waals surface area contributed by atoms with E-state index in [2.05, 4.69) is 10.6 Å². The summed E-state index contributed by atoms with van der Waals surface area (Å²) in [6.07, 6.45) is 6.47. The van der Waals surface area contributed by atoms with Crippen molar-refractivity contribution in [2.75, 3.05) is 40.4 Å². The van der Waals surface area contributed by atoms with Crippen LogP contribution in [-0.2, 0) is 9.47 Å². The third kappa shape index (κ3) is 10.0. The summed E-state index contributed by atoms with van der Waals surface area (Å²) >= 11 is 6.31. The number of nitrogens with zero attached hydrogens (tertiary/aromatic N) is 2. The van der Waals surface area contributed by atoms with Gasteiger partial charge in [0.15, 0.2) is 0 Å². The fourth-order valence-corrected chi connectivity index (χ4v) is 6.06. The summed E-state index contributed by atoms with van der Waals surface area (Å²) in [6.45, 7) is 3.48. The van der Waals surface area contributed by atoms with Crippen LogP contribution in [-0.4, -0.2) is 85.6 Å². The van der Waals surface area contributed by atoms with Gasteiger partial charge in [-0.25, -0.2) is 14.4 Å². The lowest BCUT2D eigenvalue weighted by molar-refractivity contribution is -0.0176. The molecule has 10 nitrogen and oxygen atoms in total. The number of halogens is 1. The van der Waals surface area contributed by atoms with Crippen molar-refractivity contribution in [3.63, 3.8) is 0 Å². The lowest BCUT2D eigenvalue weighted by atomic mass is 9.84. The van der Waals surface area contributed by atoms with Crippen molar-refractivity contribution in [1.29, 1.82) is 0 Å². The van der Waals surface area contributed by atoms with E-state index in [9.17, 15) is 19.5 Å². The number of carbonyl (C=O) groups is 3. The van der Waals surface area contributed by atoms with Gasteiger partial charge in [0.05, 0.1) is 25.9 Å². The van der Waals surface area contributed by atoms with Crippen LogP contribution < -0.4 is 10.6 Å². The maximum absolute atomic E-state index is 13.5. The Kier molecular flexibility index (Phi) is 12.6. The van der Waals surface area contributed by atoms with E-state index in [1.54, 1.807) is 7.05 Å². The maximum Gasteiger partial charge on any atom is 0.407 e. The molecular weight excluding hydrogens is 536 g/mol. The van der Waals surface area contributed by atoms with E-state index in [4.69, 9.17) is 21.1 Å². The van der Waals surface area contributed by atoms with Gasteiger partial charge in [-0.15, -0.1) is 0 Å². The van der Waals surface area contributed by atoms with Crippen LogP contribution in [0.25, 0.3) is 0 Å². The van der Waals surface area contributed by atoms with Crippen molar-refractivity contribution < 1.29 is 29.0 Å². The zero-order valence-electron chi connectivity index (χ0n) is 23.9. The van der Waals surface area contributed by atoms with Crippen molar-refractivity contribution >= 4 is 29.8 Å². The molecular formula is C29H45ClN4O6. The number of piperidine rings is 1. The molecule has 1 aromatic carbocycles. The molecule has 1 aromatic rings. The van der Waals surface area contributed by atoms with E-state index in [0.717, 1.165) is 37.7 Å². The molecule has 0 spiro atoms. The summed E-state index contributed by atoms with van der Waals surface area (Å²) in [5.41, 5.74) is 0.920. The molecule has 224 valence electrons. The van der Waals surface area contributed by atoms with E-state index in [1.807, 2.05) is 36.1 Å². The number of amides is 4. The van der Waals surface area contributed by atoms with Gasteiger partial charge in [0, 0.05) is 43.7 Å². The van der Waals surface area contributed by atoms with Gasteiger partial charge in [-0.05, 0) is 49.8 Å². The maximum atomic E-state index is 13.5. The molecule has 40 heavy (non-hydrogen) atoms. The van der Waals surface area contributed by atoms with Crippen molar-refractivity contribution in [2.24, 2.45) is 11.8 Å². The number of hydrogen-bond acceptors (Lipinski definition) is 5. The number of nitrogens with one attached hydrogen (secondary N) is 2. The Morgan fingerprint density at radius 1 is 1.15 bits per heavy atom. The van der Waals surface area contributed by atoms with Gasteiger partial charge in [0.25, 0.3) is 0 Å². The number of benzene rings is 1. The van der Waals surface area contributed by atoms with E-state index in [0.29, 0.717) is 24.0 Å². The molecule has 2 fully saturated rings. The molecule has 4 atom stereocenters. The Bertz CT molecular complexity index is 976. The number of hydrogen-bond donors (Lipinski definition) is 3. The third-order valence-electron chi connectivity index (χ3n) is 7.92. The Morgan fingerprint density at radius 3 is 2.58 bits per heavy atom. The SMILES string of the molecule is COC(=O)N[C@H](C)CO[C@@H](c1cccc(Cl)c1)C1CCCN(C(=O)N[C@@H](CC2CCCCC2)CN(C)C(=O)O)C1. The quantitative estimate of drug-likeness (QED) is 0.317. The van der Waals surface area contributed by atoms with Gasteiger partial charge in [-0.1, -0.05) is 55.8 Å². The van der Waals surface area contributed by atoms with Crippen molar-refractivity contribution in [3.05, 3.63) is 34.9 Å². The molecule has 1 saturated carbocycles. The molecule has 1 aliphatic heterocycles. The molecule has 2 aliphatic rings. The summed E-state index contributed by atoms with van der Waals surface area (Å²) in [7, 11) is 2.86. The number of likely N-dealkylation sites (tertiary alicyclic amines) is 1. The first kappa shape index (κ1) is 31.8. The zero-order valence-corrected chi connectivity index (χ0v) is 24.7. The number of likely N-dealkylation sites (N-methyl/N-ethyl adjacent to an activating group) is 1. The number of rotatable bonds is 11. The van der Waals surface area contributed by atoms with E-state index >= 15 is 0 Å². The highest BCUT2D eigenvalue weighted by Crippen LogP contribution is 2.34. The molecule has 1 heterocycles.